The third-order valence-electron chi connectivity index (χ3n) is 4.10. The number of allylic oxidation sites excluding steroid dienone is 8. The molecular formula is C22H29NO. The van der Waals surface area contributed by atoms with Crippen LogP contribution in [-0.2, 0) is 0 Å². The first kappa shape index (κ1) is 18.3. The quantitative estimate of drug-likeness (QED) is 0.691. The molecule has 2 aliphatic rings. The number of nitrogens with one attached hydrogen (secondary N) is 1. The van der Waals surface area contributed by atoms with Crippen molar-refractivity contribution in [2.24, 2.45) is 5.92 Å². The molecule has 0 fully saturated rings. The maximum absolute atomic E-state index is 8.83. The van der Waals surface area contributed by atoms with Crippen molar-refractivity contribution in [1.29, 1.82) is 0 Å². The second-order valence-corrected chi connectivity index (χ2v) is 5.89. The van der Waals surface area contributed by atoms with E-state index < -0.39 is 0 Å². The maximum atomic E-state index is 8.83. The molecule has 0 saturated carbocycles. The van der Waals surface area contributed by atoms with Crippen LogP contribution >= 0.6 is 0 Å². The summed E-state index contributed by atoms with van der Waals surface area (Å²) in [6, 6.07) is 8.60. The Bertz CT molecular complexity index is 637. The summed E-state index contributed by atoms with van der Waals surface area (Å²) in [6.45, 7) is 5.17. The molecule has 3 rings (SSSR count). The average molecular weight is 323 g/mol. The minimum absolute atomic E-state index is 0.268. The van der Waals surface area contributed by atoms with Crippen LogP contribution in [-0.4, -0.2) is 18.3 Å². The van der Waals surface area contributed by atoms with Crippen molar-refractivity contribution < 1.29 is 5.11 Å². The third-order valence-corrected chi connectivity index (χ3v) is 4.10. The van der Waals surface area contributed by atoms with E-state index in [1.54, 1.807) is 0 Å². The van der Waals surface area contributed by atoms with E-state index in [1.807, 2.05) is 13.8 Å². The lowest BCUT2D eigenvalue weighted by atomic mass is 9.88. The zero-order chi connectivity index (χ0) is 17.2. The summed E-state index contributed by atoms with van der Waals surface area (Å²) in [4.78, 5) is 0. The molecule has 128 valence electrons. The Morgan fingerprint density at radius 1 is 1.17 bits per heavy atom. The second-order valence-electron chi connectivity index (χ2n) is 5.89. The highest BCUT2D eigenvalue weighted by atomic mass is 16.2. The van der Waals surface area contributed by atoms with Crippen molar-refractivity contribution in [2.75, 3.05) is 18.5 Å². The van der Waals surface area contributed by atoms with Crippen molar-refractivity contribution in [1.82, 2.24) is 0 Å². The average Bonchev–Trinajstić information content (AvgIpc) is 2.80. The van der Waals surface area contributed by atoms with Gasteiger partial charge in [0.05, 0.1) is 0 Å². The lowest BCUT2D eigenvalue weighted by molar-refractivity contribution is 0.286. The molecule has 0 radical (unpaired) electrons. The van der Waals surface area contributed by atoms with Gasteiger partial charge in [-0.1, -0.05) is 62.4 Å². The van der Waals surface area contributed by atoms with Crippen LogP contribution in [0.4, 0.5) is 5.69 Å². The van der Waals surface area contributed by atoms with Gasteiger partial charge in [-0.3, -0.25) is 0 Å². The van der Waals surface area contributed by atoms with E-state index in [0.717, 1.165) is 31.5 Å². The van der Waals surface area contributed by atoms with Crippen LogP contribution in [0.2, 0.25) is 0 Å². The van der Waals surface area contributed by atoms with Gasteiger partial charge in [-0.05, 0) is 54.0 Å². The summed E-state index contributed by atoms with van der Waals surface area (Å²) in [5.74, 6) is 0.506. The van der Waals surface area contributed by atoms with Gasteiger partial charge in [0.15, 0.2) is 0 Å². The van der Waals surface area contributed by atoms with Crippen LogP contribution in [0.15, 0.2) is 66.3 Å². The molecule has 0 saturated heterocycles. The van der Waals surface area contributed by atoms with Crippen LogP contribution < -0.4 is 5.32 Å². The van der Waals surface area contributed by atoms with Crippen LogP contribution in [0.1, 0.15) is 38.7 Å². The molecule has 0 heterocycles. The van der Waals surface area contributed by atoms with E-state index in [0.29, 0.717) is 5.92 Å². The van der Waals surface area contributed by atoms with Crippen molar-refractivity contribution in [2.45, 2.75) is 33.1 Å². The lowest BCUT2D eigenvalue weighted by Gasteiger charge is -2.17. The topological polar surface area (TPSA) is 32.3 Å². The molecule has 2 heteroatoms. The Kier molecular flexibility index (Phi) is 7.57. The summed E-state index contributed by atoms with van der Waals surface area (Å²) < 4.78 is 0. The molecule has 2 nitrogen and oxygen atoms in total. The fraction of sp³-hybridized carbons (Fsp3) is 0.364. The van der Waals surface area contributed by atoms with Crippen molar-refractivity contribution >= 4 is 11.3 Å². The van der Waals surface area contributed by atoms with Gasteiger partial charge in [0.2, 0.25) is 0 Å². The number of anilines is 1. The Morgan fingerprint density at radius 2 is 2.04 bits per heavy atom. The molecule has 0 amide bonds. The molecular weight excluding hydrogens is 294 g/mol. The predicted molar refractivity (Wildman–Crippen MR) is 105 cm³/mol. The van der Waals surface area contributed by atoms with E-state index in [4.69, 9.17) is 5.11 Å². The SMILES string of the molecule is CC.OCCCCNc1cccc(C2=CC3C=CC=CC(=C2)C3)c1. The second kappa shape index (κ2) is 9.94. The smallest absolute Gasteiger partial charge is 0.0431 e. The normalized spacial score (nSPS) is 18.0. The fourth-order valence-electron chi connectivity index (χ4n) is 2.95. The molecule has 1 aromatic rings. The van der Waals surface area contributed by atoms with Crippen LogP contribution in [0.25, 0.3) is 5.57 Å². The number of hydrogen-bond donors (Lipinski definition) is 2. The van der Waals surface area contributed by atoms with Crippen molar-refractivity contribution in [3.05, 3.63) is 71.9 Å². The molecule has 2 N–H and O–H groups in total. The van der Waals surface area contributed by atoms with Gasteiger partial charge in [-0.2, -0.15) is 0 Å². The Morgan fingerprint density at radius 3 is 2.88 bits per heavy atom. The molecule has 0 aliphatic heterocycles. The molecule has 1 atom stereocenters. The monoisotopic (exact) mass is 323 g/mol. The Labute approximate surface area is 146 Å². The van der Waals surface area contributed by atoms with Gasteiger partial charge in [0.25, 0.3) is 0 Å². The number of unbranched alkanes of at least 4 members (excludes halogenated alkanes) is 1. The lowest BCUT2D eigenvalue weighted by Crippen LogP contribution is -2.03. The van der Waals surface area contributed by atoms with Gasteiger partial charge < -0.3 is 10.4 Å². The Balaban J connectivity index is 0.00000100. The first-order valence-electron chi connectivity index (χ1n) is 9.07. The molecule has 0 aromatic heterocycles. The molecule has 1 unspecified atom stereocenters. The van der Waals surface area contributed by atoms with E-state index >= 15 is 0 Å². The minimum Gasteiger partial charge on any atom is -0.396 e. The van der Waals surface area contributed by atoms with Gasteiger partial charge in [-0.15, -0.1) is 0 Å². The largest absolute Gasteiger partial charge is 0.396 e. The number of hydrogen-bond acceptors (Lipinski definition) is 2. The maximum Gasteiger partial charge on any atom is 0.0431 e. The van der Waals surface area contributed by atoms with Gasteiger partial charge in [0.1, 0.15) is 0 Å². The molecule has 2 bridgehead atoms. The van der Waals surface area contributed by atoms with Crippen LogP contribution in [0, 0.1) is 5.92 Å². The van der Waals surface area contributed by atoms with E-state index in [1.165, 1.54) is 16.7 Å². The summed E-state index contributed by atoms with van der Waals surface area (Å²) in [6.07, 6.45) is 16.4. The fourth-order valence-corrected chi connectivity index (χ4v) is 2.95. The Hall–Kier alpha value is -2.06. The zero-order valence-corrected chi connectivity index (χ0v) is 14.8. The van der Waals surface area contributed by atoms with Crippen molar-refractivity contribution in [3.8, 4) is 0 Å². The third kappa shape index (κ3) is 5.24. The molecule has 24 heavy (non-hydrogen) atoms. The predicted octanol–water partition coefficient (Wildman–Crippen LogP) is 5.35. The highest BCUT2D eigenvalue weighted by Gasteiger charge is 2.14. The van der Waals surface area contributed by atoms with E-state index in [9.17, 15) is 0 Å². The van der Waals surface area contributed by atoms with Crippen LogP contribution in [0.3, 0.4) is 0 Å². The summed E-state index contributed by atoms with van der Waals surface area (Å²) in [7, 11) is 0. The number of rotatable bonds is 6. The highest BCUT2D eigenvalue weighted by Crippen LogP contribution is 2.32. The number of aliphatic hydroxyl groups is 1. The number of fused-ring (bicyclic) bond motifs is 2. The summed E-state index contributed by atoms with van der Waals surface area (Å²) >= 11 is 0. The highest BCUT2D eigenvalue weighted by molar-refractivity contribution is 5.78. The minimum atomic E-state index is 0.268. The van der Waals surface area contributed by atoms with Gasteiger partial charge in [-0.25, -0.2) is 0 Å². The molecule has 0 spiro atoms. The van der Waals surface area contributed by atoms with E-state index in [2.05, 4.69) is 66.0 Å². The first-order chi connectivity index (χ1) is 11.8. The molecule has 1 aromatic carbocycles. The van der Waals surface area contributed by atoms with Crippen molar-refractivity contribution in [3.63, 3.8) is 0 Å². The zero-order valence-electron chi connectivity index (χ0n) is 14.8. The van der Waals surface area contributed by atoms with Gasteiger partial charge >= 0.3 is 0 Å². The summed E-state index contributed by atoms with van der Waals surface area (Å²) in [5, 5.41) is 12.3. The van der Waals surface area contributed by atoms with E-state index in [-0.39, 0.29) is 6.61 Å². The van der Waals surface area contributed by atoms with Gasteiger partial charge in [0, 0.05) is 18.8 Å². The molecule has 2 aliphatic carbocycles. The summed E-state index contributed by atoms with van der Waals surface area (Å²) in [5.41, 5.74) is 5.11. The number of aliphatic hydroxyl groups excluding tert-OH is 1. The van der Waals surface area contributed by atoms with Crippen LogP contribution in [0.5, 0.6) is 0 Å². The number of benzene rings is 1. The standard InChI is InChI=1S/C20H23NO.C2H6/c22-11-4-3-10-21-20-9-5-8-18(15-20)19-13-16-6-1-2-7-17(12-16)14-19;1-2/h1-2,5-9,13-16,21-22H,3-4,10-12H2;1-2H3. The first-order valence-corrected chi connectivity index (χ1v) is 9.07.